The molecule has 1 amide bonds. The van der Waals surface area contributed by atoms with E-state index in [1.807, 2.05) is 13.0 Å². The van der Waals surface area contributed by atoms with Gasteiger partial charge in [0.25, 0.3) is 5.91 Å². The third-order valence-electron chi connectivity index (χ3n) is 6.64. The zero-order valence-electron chi connectivity index (χ0n) is 17.9. The van der Waals surface area contributed by atoms with Gasteiger partial charge < -0.3 is 9.64 Å². The van der Waals surface area contributed by atoms with Crippen molar-refractivity contribution in [1.29, 1.82) is 0 Å². The molecule has 1 unspecified atom stereocenters. The Balaban J connectivity index is 1.46. The Bertz CT molecular complexity index is 993. The van der Waals surface area contributed by atoms with Crippen molar-refractivity contribution < 1.29 is 22.7 Å². The van der Waals surface area contributed by atoms with Gasteiger partial charge in [-0.05, 0) is 49.9 Å². The number of carbonyl (C=O) groups excluding carboxylic acids is 1. The number of hydrogen-bond acceptors (Lipinski definition) is 5. The smallest absolute Gasteiger partial charge is 0.451 e. The van der Waals surface area contributed by atoms with E-state index in [1.54, 1.807) is 12.0 Å². The second kappa shape index (κ2) is 7.78. The van der Waals surface area contributed by atoms with Gasteiger partial charge in [0.2, 0.25) is 5.82 Å². The molecule has 2 aliphatic heterocycles. The predicted octanol–water partition coefficient (Wildman–Crippen LogP) is 3.78. The van der Waals surface area contributed by atoms with Crippen molar-refractivity contribution in [1.82, 2.24) is 19.8 Å². The van der Waals surface area contributed by atoms with Gasteiger partial charge in [-0.2, -0.15) is 13.2 Å². The van der Waals surface area contributed by atoms with E-state index in [2.05, 4.69) is 34.8 Å². The molecular formula is C22H25F3N4O2. The summed E-state index contributed by atoms with van der Waals surface area (Å²) in [6, 6.07) is 4.51. The van der Waals surface area contributed by atoms with Crippen LogP contribution >= 0.6 is 0 Å². The maximum atomic E-state index is 12.8. The van der Waals surface area contributed by atoms with E-state index < -0.39 is 12.0 Å². The van der Waals surface area contributed by atoms with Crippen LogP contribution in [0, 0.1) is 13.8 Å². The fourth-order valence-corrected chi connectivity index (χ4v) is 4.84. The normalized spacial score (nSPS) is 22.1. The lowest BCUT2D eigenvalue weighted by atomic mass is 9.96. The number of piperazine rings is 1. The Hall–Kier alpha value is -2.68. The minimum atomic E-state index is -4.62. The van der Waals surface area contributed by atoms with Crippen molar-refractivity contribution in [2.45, 2.75) is 51.5 Å². The van der Waals surface area contributed by atoms with Crippen LogP contribution in [0.2, 0.25) is 0 Å². The molecule has 31 heavy (non-hydrogen) atoms. The third kappa shape index (κ3) is 3.75. The first-order valence-corrected chi connectivity index (χ1v) is 10.2. The van der Waals surface area contributed by atoms with Crippen LogP contribution in [-0.4, -0.2) is 58.0 Å². The quantitative estimate of drug-likeness (QED) is 0.733. The molecule has 6 nitrogen and oxygen atoms in total. The monoisotopic (exact) mass is 434 g/mol. The van der Waals surface area contributed by atoms with Crippen molar-refractivity contribution in [3.63, 3.8) is 0 Å². The zero-order valence-corrected chi connectivity index (χ0v) is 17.9. The van der Waals surface area contributed by atoms with Crippen molar-refractivity contribution in [3.8, 4) is 5.75 Å². The van der Waals surface area contributed by atoms with Crippen molar-refractivity contribution in [3.05, 3.63) is 52.6 Å². The molecule has 166 valence electrons. The third-order valence-corrected chi connectivity index (χ3v) is 6.64. The molecule has 2 bridgehead atoms. The average Bonchev–Trinajstić information content (AvgIpc) is 3.35. The summed E-state index contributed by atoms with van der Waals surface area (Å²) < 4.78 is 43.4. The molecule has 2 aromatic rings. The number of rotatable bonds is 4. The van der Waals surface area contributed by atoms with Crippen molar-refractivity contribution in [2.24, 2.45) is 0 Å². The highest BCUT2D eigenvalue weighted by molar-refractivity contribution is 5.94. The largest absolute Gasteiger partial charge is 0.496 e. The molecular weight excluding hydrogens is 409 g/mol. The number of aromatic nitrogens is 2. The molecule has 1 aromatic carbocycles. The van der Waals surface area contributed by atoms with E-state index in [9.17, 15) is 18.0 Å². The summed E-state index contributed by atoms with van der Waals surface area (Å²) in [6.45, 7) is 7.59. The highest BCUT2D eigenvalue weighted by Gasteiger charge is 2.47. The summed E-state index contributed by atoms with van der Waals surface area (Å²) in [5.74, 6) is -0.686. The number of halogens is 3. The Morgan fingerprint density at radius 3 is 2.35 bits per heavy atom. The fourth-order valence-electron chi connectivity index (χ4n) is 4.84. The summed E-state index contributed by atoms with van der Waals surface area (Å²) in [5, 5.41) is 0. The van der Waals surface area contributed by atoms with Crippen LogP contribution in [0.4, 0.5) is 13.2 Å². The minimum absolute atomic E-state index is 0.0295. The van der Waals surface area contributed by atoms with Crippen molar-refractivity contribution in [2.75, 3.05) is 20.2 Å². The van der Waals surface area contributed by atoms with Crippen LogP contribution in [0.15, 0.2) is 24.5 Å². The molecule has 0 saturated carbocycles. The minimum Gasteiger partial charge on any atom is -0.496 e. The Morgan fingerprint density at radius 2 is 1.81 bits per heavy atom. The second-order valence-electron chi connectivity index (χ2n) is 8.27. The summed E-state index contributed by atoms with van der Waals surface area (Å²) in [6.07, 6.45) is -1.84. The topological polar surface area (TPSA) is 58.6 Å². The van der Waals surface area contributed by atoms with E-state index in [0.717, 1.165) is 36.7 Å². The number of likely N-dealkylation sites (tertiary alicyclic amines) is 2. The van der Waals surface area contributed by atoms with Crippen LogP contribution in [0.25, 0.3) is 0 Å². The van der Waals surface area contributed by atoms with Gasteiger partial charge in [0.1, 0.15) is 5.75 Å². The van der Waals surface area contributed by atoms with Gasteiger partial charge >= 0.3 is 6.18 Å². The number of benzene rings is 1. The van der Waals surface area contributed by atoms with E-state index in [-0.39, 0.29) is 29.6 Å². The molecule has 3 heterocycles. The molecule has 2 aliphatic rings. The van der Waals surface area contributed by atoms with E-state index >= 15 is 0 Å². The standard InChI is InChI=1S/C22H25F3N4O2/c1-12-13(2)19(31-4)6-5-18(12)14(3)28-10-17-7-16(28)11-29(17)20(30)15-8-26-21(27-9-15)22(23,24)25/h5-6,8-9,14,16-17H,7,10-11H2,1-4H3/t14?,16-,17-/m0/s1. The molecule has 0 N–H and O–H groups in total. The van der Waals surface area contributed by atoms with Gasteiger partial charge in [0, 0.05) is 43.6 Å². The molecule has 9 heteroatoms. The highest BCUT2D eigenvalue weighted by Crippen LogP contribution is 2.39. The van der Waals surface area contributed by atoms with E-state index in [1.165, 1.54) is 11.1 Å². The van der Waals surface area contributed by atoms with Gasteiger partial charge in [-0.1, -0.05) is 6.07 Å². The lowest BCUT2D eigenvalue weighted by Crippen LogP contribution is -2.49. The molecule has 0 aliphatic carbocycles. The van der Waals surface area contributed by atoms with Crippen molar-refractivity contribution >= 4 is 5.91 Å². The first-order chi connectivity index (χ1) is 14.6. The lowest BCUT2D eigenvalue weighted by molar-refractivity contribution is -0.145. The van der Waals surface area contributed by atoms with Crippen LogP contribution in [0.1, 0.15) is 52.3 Å². The zero-order chi connectivity index (χ0) is 22.5. The predicted molar refractivity (Wildman–Crippen MR) is 108 cm³/mol. The highest BCUT2D eigenvalue weighted by atomic mass is 19.4. The number of amides is 1. The number of alkyl halides is 3. The number of hydrogen-bond donors (Lipinski definition) is 0. The molecule has 2 fully saturated rings. The summed E-state index contributed by atoms with van der Waals surface area (Å²) in [5.41, 5.74) is 3.64. The van der Waals surface area contributed by atoms with Gasteiger partial charge in [-0.25, -0.2) is 9.97 Å². The number of carbonyl (C=O) groups is 1. The van der Waals surface area contributed by atoms with Gasteiger partial charge in [0.05, 0.1) is 12.7 Å². The molecule has 0 spiro atoms. The second-order valence-corrected chi connectivity index (χ2v) is 8.27. The number of fused-ring (bicyclic) bond motifs is 2. The van der Waals surface area contributed by atoms with Crippen LogP contribution in [0.5, 0.6) is 5.75 Å². The number of nitrogens with zero attached hydrogens (tertiary/aromatic N) is 4. The molecule has 2 saturated heterocycles. The molecule has 0 radical (unpaired) electrons. The van der Waals surface area contributed by atoms with Crippen LogP contribution < -0.4 is 4.74 Å². The number of methoxy groups -OCH3 is 1. The summed E-state index contributed by atoms with van der Waals surface area (Å²) in [7, 11) is 1.66. The Labute approximate surface area is 179 Å². The molecule has 3 atom stereocenters. The number of ether oxygens (including phenoxy) is 1. The van der Waals surface area contributed by atoms with Gasteiger partial charge in [-0.3, -0.25) is 9.69 Å². The molecule has 1 aromatic heterocycles. The van der Waals surface area contributed by atoms with Crippen LogP contribution in [0.3, 0.4) is 0 Å². The lowest BCUT2D eigenvalue weighted by Gasteiger charge is -2.38. The molecule has 4 rings (SSSR count). The van der Waals surface area contributed by atoms with E-state index in [0.29, 0.717) is 6.54 Å². The van der Waals surface area contributed by atoms with Gasteiger partial charge in [-0.15, -0.1) is 0 Å². The first-order valence-electron chi connectivity index (χ1n) is 10.2. The maximum absolute atomic E-state index is 12.8. The van der Waals surface area contributed by atoms with Crippen LogP contribution in [-0.2, 0) is 6.18 Å². The van der Waals surface area contributed by atoms with Gasteiger partial charge in [0.15, 0.2) is 0 Å². The average molecular weight is 434 g/mol. The summed E-state index contributed by atoms with van der Waals surface area (Å²) in [4.78, 5) is 23.6. The SMILES string of the molecule is COc1ccc(C(C)N2C[C@@H]3C[C@H]2CN3C(=O)c2cnc(C(F)(F)F)nc2)c(C)c1C. The Kier molecular flexibility index (Phi) is 5.41. The first kappa shape index (κ1) is 21.5. The summed E-state index contributed by atoms with van der Waals surface area (Å²) >= 11 is 0. The maximum Gasteiger partial charge on any atom is 0.451 e. The fraction of sp³-hybridized carbons (Fsp3) is 0.500. The van der Waals surface area contributed by atoms with E-state index in [4.69, 9.17) is 4.74 Å². The Morgan fingerprint density at radius 1 is 1.13 bits per heavy atom.